The Morgan fingerprint density at radius 3 is 2.72 bits per heavy atom. The van der Waals surface area contributed by atoms with Crippen molar-refractivity contribution < 1.29 is 0 Å². The number of rotatable bonds is 7. The van der Waals surface area contributed by atoms with Crippen LogP contribution in [0.5, 0.6) is 0 Å². The average Bonchev–Trinajstić information content (AvgIpc) is 2.91. The van der Waals surface area contributed by atoms with Crippen molar-refractivity contribution in [3.63, 3.8) is 0 Å². The number of guanidine groups is 1. The molecule has 0 aliphatic heterocycles. The second-order valence-electron chi connectivity index (χ2n) is 6.04. The first-order chi connectivity index (χ1) is 12.0. The Morgan fingerprint density at radius 2 is 2.08 bits per heavy atom. The molecule has 0 fully saturated rings. The Balaban J connectivity index is 1.92. The summed E-state index contributed by atoms with van der Waals surface area (Å²) in [6.07, 6.45) is 2.73. The number of anilines is 1. The zero-order valence-corrected chi connectivity index (χ0v) is 16.6. The molecule has 7 heteroatoms. The lowest BCUT2D eigenvalue weighted by atomic mass is 10.2. The zero-order chi connectivity index (χ0) is 18.2. The Kier molecular flexibility index (Phi) is 7.18. The fourth-order valence-electron chi connectivity index (χ4n) is 2.25. The molecule has 0 atom stereocenters. The van der Waals surface area contributed by atoms with E-state index >= 15 is 0 Å². The van der Waals surface area contributed by atoms with E-state index in [4.69, 9.17) is 0 Å². The number of nitrogens with zero attached hydrogens (tertiary/aromatic N) is 4. The van der Waals surface area contributed by atoms with Crippen molar-refractivity contribution in [3.05, 3.63) is 39.5 Å². The molecule has 0 saturated heterocycles. The molecule has 0 bridgehead atoms. The van der Waals surface area contributed by atoms with E-state index in [9.17, 15) is 0 Å². The first-order valence-electron chi connectivity index (χ1n) is 8.57. The van der Waals surface area contributed by atoms with Crippen LogP contribution in [0, 0.1) is 13.8 Å². The van der Waals surface area contributed by atoms with Crippen LogP contribution in [0.4, 0.5) is 5.82 Å². The molecule has 0 spiro atoms. The van der Waals surface area contributed by atoms with Crippen LogP contribution in [0.15, 0.2) is 23.3 Å². The highest BCUT2D eigenvalue weighted by Gasteiger charge is 2.04. The van der Waals surface area contributed by atoms with E-state index in [1.165, 1.54) is 9.88 Å². The molecule has 2 aromatic rings. The molecule has 0 aromatic carbocycles. The molecule has 0 saturated carbocycles. The monoisotopic (exact) mass is 360 g/mol. The number of hydrogen-bond acceptors (Lipinski definition) is 5. The van der Waals surface area contributed by atoms with Crippen LogP contribution in [0.1, 0.15) is 28.1 Å². The summed E-state index contributed by atoms with van der Waals surface area (Å²) in [5.74, 6) is 1.77. The van der Waals surface area contributed by atoms with Gasteiger partial charge in [-0.05, 0) is 38.5 Å². The lowest BCUT2D eigenvalue weighted by Crippen LogP contribution is -2.38. The molecule has 0 aliphatic carbocycles. The summed E-state index contributed by atoms with van der Waals surface area (Å²) in [6, 6.07) is 4.06. The Labute approximate surface area is 154 Å². The van der Waals surface area contributed by atoms with Crippen molar-refractivity contribution in [3.8, 4) is 0 Å². The Morgan fingerprint density at radius 1 is 1.28 bits per heavy atom. The molecule has 6 nitrogen and oxygen atoms in total. The molecule has 0 radical (unpaired) electrons. The van der Waals surface area contributed by atoms with Crippen LogP contribution >= 0.6 is 11.3 Å². The molecule has 0 aliphatic rings. The van der Waals surface area contributed by atoms with Gasteiger partial charge in [-0.15, -0.1) is 11.3 Å². The van der Waals surface area contributed by atoms with Crippen molar-refractivity contribution in [2.24, 2.45) is 4.99 Å². The van der Waals surface area contributed by atoms with E-state index in [1.807, 2.05) is 31.3 Å². The van der Waals surface area contributed by atoms with E-state index in [1.54, 1.807) is 11.3 Å². The summed E-state index contributed by atoms with van der Waals surface area (Å²) in [7, 11) is 3.98. The number of aryl methyl sites for hydroxylation is 2. The minimum Gasteiger partial charge on any atom is -0.363 e. The third-order valence-electron chi connectivity index (χ3n) is 3.74. The molecule has 136 valence electrons. The van der Waals surface area contributed by atoms with Gasteiger partial charge in [0.25, 0.3) is 0 Å². The first kappa shape index (κ1) is 19.2. The lowest BCUT2D eigenvalue weighted by Gasteiger charge is -2.13. The van der Waals surface area contributed by atoms with Crippen LogP contribution in [0.25, 0.3) is 0 Å². The van der Waals surface area contributed by atoms with Crippen LogP contribution in [0.3, 0.4) is 0 Å². The summed E-state index contributed by atoms with van der Waals surface area (Å²) in [5, 5.41) is 7.84. The van der Waals surface area contributed by atoms with Crippen molar-refractivity contribution in [1.82, 2.24) is 20.6 Å². The average molecular weight is 361 g/mol. The topological polar surface area (TPSA) is 65.4 Å². The van der Waals surface area contributed by atoms with E-state index < -0.39 is 0 Å². The summed E-state index contributed by atoms with van der Waals surface area (Å²) in [4.78, 5) is 16.9. The maximum absolute atomic E-state index is 4.67. The van der Waals surface area contributed by atoms with E-state index in [0.717, 1.165) is 42.5 Å². The van der Waals surface area contributed by atoms with Gasteiger partial charge in [0.15, 0.2) is 5.96 Å². The molecule has 2 aromatic heterocycles. The van der Waals surface area contributed by atoms with Gasteiger partial charge in [0.05, 0.1) is 17.2 Å². The fourth-order valence-corrected chi connectivity index (χ4v) is 3.18. The standard InChI is InChI=1S/C18H28N6S/c1-6-19-18(21-10-8-17-23-13(2)14(3)25-17)22-12-15-7-9-20-16(11-15)24(4)5/h7,9,11H,6,8,10,12H2,1-5H3,(H2,19,21,22). The molecule has 2 N–H and O–H groups in total. The molecule has 0 unspecified atom stereocenters. The van der Waals surface area contributed by atoms with Crippen LogP contribution in [0.2, 0.25) is 0 Å². The van der Waals surface area contributed by atoms with Gasteiger partial charge in [0.2, 0.25) is 0 Å². The minimum absolute atomic E-state index is 0.619. The number of hydrogen-bond donors (Lipinski definition) is 2. The van der Waals surface area contributed by atoms with Crippen LogP contribution < -0.4 is 15.5 Å². The number of aromatic nitrogens is 2. The highest BCUT2D eigenvalue weighted by molar-refractivity contribution is 7.11. The predicted molar refractivity (Wildman–Crippen MR) is 107 cm³/mol. The van der Waals surface area contributed by atoms with Crippen molar-refractivity contribution in [1.29, 1.82) is 0 Å². The van der Waals surface area contributed by atoms with Crippen molar-refractivity contribution in [2.75, 3.05) is 32.1 Å². The minimum atomic E-state index is 0.619. The maximum Gasteiger partial charge on any atom is 0.191 e. The van der Waals surface area contributed by atoms with Gasteiger partial charge < -0.3 is 15.5 Å². The second kappa shape index (κ2) is 9.36. The summed E-state index contributed by atoms with van der Waals surface area (Å²) >= 11 is 1.77. The summed E-state index contributed by atoms with van der Waals surface area (Å²) in [5.41, 5.74) is 2.28. The molecule has 0 amide bonds. The van der Waals surface area contributed by atoms with Crippen LogP contribution in [-0.4, -0.2) is 43.1 Å². The number of nitrogens with one attached hydrogen (secondary N) is 2. The highest BCUT2D eigenvalue weighted by Crippen LogP contribution is 2.16. The van der Waals surface area contributed by atoms with Gasteiger partial charge in [0.1, 0.15) is 5.82 Å². The number of pyridine rings is 1. The normalized spacial score (nSPS) is 11.5. The highest BCUT2D eigenvalue weighted by atomic mass is 32.1. The van der Waals surface area contributed by atoms with Crippen LogP contribution in [-0.2, 0) is 13.0 Å². The molecule has 2 heterocycles. The largest absolute Gasteiger partial charge is 0.363 e. The molecule has 2 rings (SSSR count). The van der Waals surface area contributed by atoms with Gasteiger partial charge in [0, 0.05) is 44.7 Å². The first-order valence-corrected chi connectivity index (χ1v) is 9.38. The van der Waals surface area contributed by atoms with Gasteiger partial charge in [-0.2, -0.15) is 0 Å². The van der Waals surface area contributed by atoms with E-state index in [2.05, 4.69) is 52.4 Å². The number of aliphatic imine (C=N–C) groups is 1. The quantitative estimate of drug-likeness (QED) is 0.587. The summed E-state index contributed by atoms with van der Waals surface area (Å²) < 4.78 is 0. The van der Waals surface area contributed by atoms with E-state index in [0.29, 0.717) is 6.54 Å². The van der Waals surface area contributed by atoms with Gasteiger partial charge >= 0.3 is 0 Å². The molecular formula is C18H28N6S. The smallest absolute Gasteiger partial charge is 0.191 e. The zero-order valence-electron chi connectivity index (χ0n) is 15.8. The summed E-state index contributed by atoms with van der Waals surface area (Å²) in [6.45, 7) is 8.52. The van der Waals surface area contributed by atoms with Gasteiger partial charge in [-0.3, -0.25) is 0 Å². The second-order valence-corrected chi connectivity index (χ2v) is 7.33. The maximum atomic E-state index is 4.67. The van der Waals surface area contributed by atoms with E-state index in [-0.39, 0.29) is 0 Å². The fraction of sp³-hybridized carbons (Fsp3) is 0.500. The predicted octanol–water partition coefficient (Wildman–Crippen LogP) is 2.52. The number of thiazole rings is 1. The third-order valence-corrected chi connectivity index (χ3v) is 4.87. The SMILES string of the molecule is CCNC(=NCc1ccnc(N(C)C)c1)NCCc1nc(C)c(C)s1. The molecule has 25 heavy (non-hydrogen) atoms. The lowest BCUT2D eigenvalue weighted by molar-refractivity contribution is 0.795. The Hall–Kier alpha value is -2.15. The van der Waals surface area contributed by atoms with Crippen molar-refractivity contribution >= 4 is 23.1 Å². The van der Waals surface area contributed by atoms with Gasteiger partial charge in [-0.25, -0.2) is 15.0 Å². The molecular weight excluding hydrogens is 332 g/mol. The Bertz CT molecular complexity index is 688. The van der Waals surface area contributed by atoms with Gasteiger partial charge in [-0.1, -0.05) is 0 Å². The van der Waals surface area contributed by atoms with Crippen molar-refractivity contribution in [2.45, 2.75) is 33.7 Å². The third kappa shape index (κ3) is 6.01.